The SMILES string of the molecule is COc1cc2cc(c1Cl)N(C)C(=O)C[C@H](OC(=O)[C@H](C)N(C)C(=O)CCSCC(=O)N1CCN(c3ccc(C=O)c(C=O)c3)CC1)C1(C)CC(C)(O1)C1CC(O)(NC(=O)O1)C(OC)/C=C/C=C(\C)C2. The number of thioether (sulfide) groups is 1. The van der Waals surface area contributed by atoms with E-state index in [0.29, 0.717) is 73.5 Å². The van der Waals surface area contributed by atoms with E-state index in [2.05, 4.69) is 5.32 Å². The Morgan fingerprint density at radius 2 is 1.75 bits per heavy atom. The fourth-order valence-electron chi connectivity index (χ4n) is 9.28. The molecular weight excluding hydrogens is 934 g/mol. The normalized spacial score (nSPS) is 27.9. The summed E-state index contributed by atoms with van der Waals surface area (Å²) in [5, 5.41) is 14.5. The summed E-state index contributed by atoms with van der Waals surface area (Å²) in [6.07, 6.45) is 2.47. The highest BCUT2D eigenvalue weighted by molar-refractivity contribution is 7.99. The van der Waals surface area contributed by atoms with Gasteiger partial charge in [0.1, 0.15) is 46.3 Å². The summed E-state index contributed by atoms with van der Waals surface area (Å²) in [5.74, 6) is -0.913. The first-order valence-corrected chi connectivity index (χ1v) is 24.2. The minimum atomic E-state index is -1.90. The zero-order chi connectivity index (χ0) is 50.4. The molecule has 5 aliphatic rings. The molecule has 6 bridgehead atoms. The number of alkyl carbamates (subject to hydrolysis) is 1. The number of anilines is 2. The van der Waals surface area contributed by atoms with Gasteiger partial charge in [-0.1, -0.05) is 35.4 Å². The number of carbonyl (C=O) groups excluding carboxylic acids is 7. The van der Waals surface area contributed by atoms with Crippen molar-refractivity contribution in [2.24, 2.45) is 0 Å². The summed E-state index contributed by atoms with van der Waals surface area (Å²) >= 11 is 8.11. The lowest BCUT2D eigenvalue weighted by atomic mass is 9.72. The molecule has 20 heteroatoms. The number of halogens is 1. The Balaban J connectivity index is 1.12. The maximum atomic E-state index is 14.3. The van der Waals surface area contributed by atoms with Crippen LogP contribution in [0.25, 0.3) is 0 Å². The van der Waals surface area contributed by atoms with Gasteiger partial charge in [0.15, 0.2) is 18.3 Å². The van der Waals surface area contributed by atoms with Gasteiger partial charge in [0.2, 0.25) is 17.7 Å². The molecule has 2 aromatic carbocycles. The van der Waals surface area contributed by atoms with Crippen molar-refractivity contribution in [3.63, 3.8) is 0 Å². The first-order chi connectivity index (χ1) is 32.7. The number of carbonyl (C=O) groups is 7. The number of hydrogen-bond acceptors (Lipinski definition) is 15. The Kier molecular flexibility index (Phi) is 16.9. The average molecular weight is 997 g/mol. The van der Waals surface area contributed by atoms with Crippen LogP contribution in [0.2, 0.25) is 5.02 Å². The van der Waals surface area contributed by atoms with Gasteiger partial charge in [-0.25, -0.2) is 9.59 Å². The maximum absolute atomic E-state index is 14.3. The molecule has 5 heterocycles. The zero-order valence-electron chi connectivity index (χ0n) is 40.3. The summed E-state index contributed by atoms with van der Waals surface area (Å²) in [6.45, 7) is 8.83. The molecule has 2 N–H and O–H groups in total. The number of piperazine rings is 1. The molecule has 3 fully saturated rings. The Labute approximate surface area is 411 Å². The summed E-state index contributed by atoms with van der Waals surface area (Å²) in [7, 11) is 5.92. The minimum absolute atomic E-state index is 0.0290. The van der Waals surface area contributed by atoms with Crippen molar-refractivity contribution in [1.82, 2.24) is 15.1 Å². The van der Waals surface area contributed by atoms with Crippen LogP contribution < -0.4 is 19.9 Å². The van der Waals surface area contributed by atoms with Crippen LogP contribution in [0.15, 0.2) is 54.1 Å². The van der Waals surface area contributed by atoms with Crippen molar-refractivity contribution in [1.29, 1.82) is 0 Å². The van der Waals surface area contributed by atoms with Crippen molar-refractivity contribution in [2.45, 2.75) is 101 Å². The number of benzene rings is 2. The first-order valence-electron chi connectivity index (χ1n) is 22.7. The number of aliphatic hydroxyl groups is 1. The van der Waals surface area contributed by atoms with E-state index >= 15 is 0 Å². The predicted molar refractivity (Wildman–Crippen MR) is 259 cm³/mol. The highest BCUT2D eigenvalue weighted by Gasteiger charge is 2.63. The number of methoxy groups -OCH3 is 2. The van der Waals surface area contributed by atoms with Crippen LogP contribution in [-0.2, 0) is 44.5 Å². The number of amides is 4. The number of ether oxygens (including phenoxy) is 5. The van der Waals surface area contributed by atoms with Crippen LogP contribution in [0.4, 0.5) is 16.2 Å². The van der Waals surface area contributed by atoms with Gasteiger partial charge >= 0.3 is 12.1 Å². The van der Waals surface area contributed by atoms with E-state index in [1.807, 2.05) is 17.9 Å². The summed E-state index contributed by atoms with van der Waals surface area (Å²) in [4.78, 5) is 97.0. The number of nitrogens with zero attached hydrogens (tertiary/aromatic N) is 4. The maximum Gasteiger partial charge on any atom is 0.409 e. The molecule has 4 amide bonds. The van der Waals surface area contributed by atoms with E-state index in [4.69, 9.17) is 35.3 Å². The molecule has 5 aliphatic heterocycles. The van der Waals surface area contributed by atoms with Crippen molar-refractivity contribution < 1.29 is 62.4 Å². The van der Waals surface area contributed by atoms with E-state index < -0.39 is 59.3 Å². The minimum Gasteiger partial charge on any atom is -0.495 e. The van der Waals surface area contributed by atoms with Crippen LogP contribution in [0.5, 0.6) is 5.75 Å². The smallest absolute Gasteiger partial charge is 0.409 e. The Bertz CT molecular complexity index is 2370. The molecule has 0 aliphatic carbocycles. The molecule has 69 heavy (non-hydrogen) atoms. The number of aldehydes is 2. The van der Waals surface area contributed by atoms with Gasteiger partial charge in [-0.2, -0.15) is 11.8 Å². The van der Waals surface area contributed by atoms with Gasteiger partial charge in [0.05, 0.1) is 25.0 Å². The number of allylic oxidation sites excluding steroid dienone is 3. The quantitative estimate of drug-likeness (QED) is 0.158. The molecule has 18 nitrogen and oxygen atoms in total. The lowest BCUT2D eigenvalue weighted by Crippen LogP contribution is -2.72. The average Bonchev–Trinajstić information content (AvgIpc) is 3.32. The lowest BCUT2D eigenvalue weighted by Gasteiger charge is -2.59. The monoisotopic (exact) mass is 995 g/mol. The third-order valence-corrected chi connectivity index (χ3v) is 14.8. The van der Waals surface area contributed by atoms with E-state index in [9.17, 15) is 38.7 Å². The van der Waals surface area contributed by atoms with Gasteiger partial charge in [-0.15, -0.1) is 0 Å². The molecule has 5 unspecified atom stereocenters. The van der Waals surface area contributed by atoms with E-state index in [1.54, 1.807) is 68.3 Å². The van der Waals surface area contributed by atoms with Crippen molar-refractivity contribution >= 4 is 77.1 Å². The summed E-state index contributed by atoms with van der Waals surface area (Å²) in [5.41, 5.74) is -0.959. The standard InChI is InChI=1S/C49H62ClN5O13S/c1-30-10-9-11-38(65-8)49(63)25-40(67-46(62)51-49)48(4)29-47(3,68-48)39(24-42(59)53(6)36-21-32(20-30)22-37(64-7)44(36)50)66-45(61)31(2)52(5)41(58)14-19-69-28-43(60)55-17-15-54(16-18-55)35-13-12-33(26-56)34(23-35)27-57/h9-13,21-23,26-27,31,38-40,63H,14-20,24-25,28-29H2,1-8H3,(H,51,62)/b11-9+,30-10+/t31-,38?,39-,40?,47?,48?,49?/m0/s1. The van der Waals surface area contributed by atoms with Gasteiger partial charge in [0, 0.05) is 89.2 Å². The molecule has 3 saturated heterocycles. The second kappa shape index (κ2) is 22.1. The largest absolute Gasteiger partial charge is 0.495 e. The van der Waals surface area contributed by atoms with Crippen molar-refractivity contribution in [3.05, 3.63) is 75.8 Å². The molecule has 0 spiro atoms. The van der Waals surface area contributed by atoms with Gasteiger partial charge < -0.3 is 48.4 Å². The molecule has 0 aromatic heterocycles. The Morgan fingerprint density at radius 3 is 2.41 bits per heavy atom. The van der Waals surface area contributed by atoms with Crippen LogP contribution in [-0.4, -0.2) is 165 Å². The molecular formula is C49H62ClN5O13S. The van der Waals surface area contributed by atoms with E-state index in [1.165, 1.54) is 49.8 Å². The van der Waals surface area contributed by atoms with E-state index in [0.717, 1.165) is 16.8 Å². The zero-order valence-corrected chi connectivity index (χ0v) is 41.9. The highest BCUT2D eigenvalue weighted by Crippen LogP contribution is 2.50. The third-order valence-electron chi connectivity index (χ3n) is 13.4. The third kappa shape index (κ3) is 11.9. The van der Waals surface area contributed by atoms with Gasteiger partial charge in [0.25, 0.3) is 0 Å². The topological polar surface area (TPSA) is 211 Å². The molecule has 0 radical (unpaired) electrons. The number of likely N-dealkylation sites (N-methyl/N-ethyl adjacent to an activating group) is 1. The first kappa shape index (κ1) is 52.9. The van der Waals surface area contributed by atoms with Crippen molar-refractivity contribution in [3.8, 4) is 5.75 Å². The van der Waals surface area contributed by atoms with Crippen LogP contribution >= 0.6 is 23.4 Å². The van der Waals surface area contributed by atoms with Crippen LogP contribution in [0.3, 0.4) is 0 Å². The van der Waals surface area contributed by atoms with E-state index in [-0.39, 0.29) is 48.3 Å². The van der Waals surface area contributed by atoms with Crippen LogP contribution in [0.1, 0.15) is 79.7 Å². The summed E-state index contributed by atoms with van der Waals surface area (Å²) in [6, 6.07) is 7.51. The molecule has 0 saturated carbocycles. The van der Waals surface area contributed by atoms with Crippen molar-refractivity contribution in [2.75, 3.05) is 75.8 Å². The van der Waals surface area contributed by atoms with Crippen LogP contribution in [0, 0.1) is 0 Å². The molecule has 2 aromatic rings. The number of hydrogen-bond donors (Lipinski definition) is 2. The summed E-state index contributed by atoms with van der Waals surface area (Å²) < 4.78 is 29.7. The number of esters is 1. The molecule has 374 valence electrons. The Hall–Kier alpha value is -5.47. The second-order valence-electron chi connectivity index (χ2n) is 18.4. The van der Waals surface area contributed by atoms with Gasteiger partial charge in [-0.05, 0) is 70.0 Å². The lowest BCUT2D eigenvalue weighted by molar-refractivity contribution is -0.328. The predicted octanol–water partition coefficient (Wildman–Crippen LogP) is 4.76. The molecule has 7 atom stereocenters. The molecule has 7 rings (SSSR count). The van der Waals surface area contributed by atoms with Gasteiger partial charge in [-0.3, -0.25) is 29.3 Å². The number of nitrogens with one attached hydrogen (secondary N) is 1. The fourth-order valence-corrected chi connectivity index (χ4v) is 10.4. The fraction of sp³-hybridized carbons (Fsp3) is 0.531. The number of rotatable bonds is 13. The number of fused-ring (bicyclic) bond motifs is 6. The highest BCUT2D eigenvalue weighted by atomic mass is 35.5. The second-order valence-corrected chi connectivity index (χ2v) is 19.9. The Morgan fingerprint density at radius 1 is 1.06 bits per heavy atom.